The van der Waals surface area contributed by atoms with Crippen LogP contribution in [-0.4, -0.2) is 0 Å². The van der Waals surface area contributed by atoms with Crippen LogP contribution in [0.4, 0.5) is 0 Å². The average molecular weight is 134 g/mol. The second kappa shape index (κ2) is 6.09. The van der Waals surface area contributed by atoms with Crippen molar-refractivity contribution in [3.63, 3.8) is 0 Å². The van der Waals surface area contributed by atoms with Crippen LogP contribution in [0, 0.1) is 0 Å². The maximum atomic E-state index is 3.66. The molecule has 0 nitrogen and oxygen atoms in total. The summed E-state index contributed by atoms with van der Waals surface area (Å²) in [5.74, 6) is 0. The quantitative estimate of drug-likeness (QED) is 0.409. The third-order valence-electron chi connectivity index (χ3n) is 1.20. The van der Waals surface area contributed by atoms with Gasteiger partial charge in [0.05, 0.1) is 0 Å². The van der Waals surface area contributed by atoms with Crippen molar-refractivity contribution in [1.82, 2.24) is 0 Å². The normalized spacial score (nSPS) is 11.9. The Labute approximate surface area is 63.3 Å². The molecule has 0 heteroatoms. The average Bonchev–Trinajstić information content (AvgIpc) is 1.98. The first kappa shape index (κ1) is 8.96. The maximum Gasteiger partial charge on any atom is -0.0103 e. The van der Waals surface area contributed by atoms with E-state index in [0.29, 0.717) is 0 Å². The van der Waals surface area contributed by atoms with Crippen LogP contribution in [-0.2, 0) is 0 Å². The van der Waals surface area contributed by atoms with E-state index in [0.717, 1.165) is 6.42 Å². The molecule has 0 saturated heterocycles. The molecule has 0 fully saturated rings. The molecule has 0 spiro atoms. The van der Waals surface area contributed by atoms with Crippen molar-refractivity contribution >= 4 is 0 Å². The molecule has 0 radical (unpaired) electrons. The Morgan fingerprint density at radius 3 is 2.50 bits per heavy atom. The molecule has 0 aliphatic rings. The van der Waals surface area contributed by atoms with Gasteiger partial charge >= 0.3 is 0 Å². The molecule has 0 aliphatic heterocycles. The van der Waals surface area contributed by atoms with Gasteiger partial charge in [0, 0.05) is 0 Å². The third-order valence-corrected chi connectivity index (χ3v) is 1.20. The van der Waals surface area contributed by atoms with Crippen molar-refractivity contribution in [3.05, 3.63) is 49.1 Å². The molecule has 0 atom stereocenters. The lowest BCUT2D eigenvalue weighted by Crippen LogP contribution is -1.71. The van der Waals surface area contributed by atoms with E-state index < -0.39 is 0 Å². The summed E-state index contributed by atoms with van der Waals surface area (Å²) >= 11 is 0. The molecule has 10 heavy (non-hydrogen) atoms. The van der Waals surface area contributed by atoms with Crippen LogP contribution in [0.25, 0.3) is 0 Å². The summed E-state index contributed by atoms with van der Waals surface area (Å²) in [6.45, 7) is 9.26. The van der Waals surface area contributed by atoms with Gasteiger partial charge in [-0.2, -0.15) is 0 Å². The Morgan fingerprint density at radius 1 is 1.40 bits per heavy atom. The zero-order valence-corrected chi connectivity index (χ0v) is 6.51. The van der Waals surface area contributed by atoms with Crippen LogP contribution >= 0.6 is 0 Å². The van der Waals surface area contributed by atoms with Gasteiger partial charge in [-0.3, -0.25) is 0 Å². The van der Waals surface area contributed by atoms with E-state index >= 15 is 0 Å². The number of hydrogen-bond acceptors (Lipinski definition) is 0. The van der Waals surface area contributed by atoms with Crippen molar-refractivity contribution in [2.75, 3.05) is 0 Å². The van der Waals surface area contributed by atoms with Gasteiger partial charge in [0.15, 0.2) is 0 Å². The van der Waals surface area contributed by atoms with E-state index in [-0.39, 0.29) is 0 Å². The zero-order chi connectivity index (χ0) is 7.82. The van der Waals surface area contributed by atoms with Gasteiger partial charge < -0.3 is 0 Å². The minimum Gasteiger partial charge on any atom is -0.103 e. The lowest BCUT2D eigenvalue weighted by atomic mass is 10.1. The lowest BCUT2D eigenvalue weighted by molar-refractivity contribution is 1.28. The van der Waals surface area contributed by atoms with Crippen molar-refractivity contribution in [3.8, 4) is 0 Å². The van der Waals surface area contributed by atoms with Crippen LogP contribution in [0.15, 0.2) is 49.1 Å². The van der Waals surface area contributed by atoms with Crippen LogP contribution in [0.5, 0.6) is 0 Å². The van der Waals surface area contributed by atoms with Gasteiger partial charge in [-0.05, 0) is 18.9 Å². The Balaban J connectivity index is 3.95. The van der Waals surface area contributed by atoms with Crippen molar-refractivity contribution in [2.45, 2.75) is 13.3 Å². The highest BCUT2D eigenvalue weighted by Crippen LogP contribution is 2.02. The monoisotopic (exact) mass is 134 g/mol. The van der Waals surface area contributed by atoms with Gasteiger partial charge in [0.2, 0.25) is 0 Å². The molecule has 0 aromatic rings. The molecule has 0 heterocycles. The predicted molar refractivity (Wildman–Crippen MR) is 47.9 cm³/mol. The third kappa shape index (κ3) is 3.90. The van der Waals surface area contributed by atoms with Crippen molar-refractivity contribution < 1.29 is 0 Å². The first-order valence-electron chi connectivity index (χ1n) is 3.40. The molecule has 0 aromatic carbocycles. The Hall–Kier alpha value is -1.04. The van der Waals surface area contributed by atoms with Crippen LogP contribution in [0.3, 0.4) is 0 Å². The minimum absolute atomic E-state index is 0.931. The smallest absolute Gasteiger partial charge is 0.0103 e. The molecule has 0 bridgehead atoms. The second-order valence-corrected chi connectivity index (χ2v) is 1.95. The summed E-state index contributed by atoms with van der Waals surface area (Å²) in [7, 11) is 0. The highest BCUT2D eigenvalue weighted by Gasteiger charge is 1.82. The molecule has 0 saturated carbocycles. The summed E-state index contributed by atoms with van der Waals surface area (Å²) in [5.41, 5.74) is 1.27. The van der Waals surface area contributed by atoms with E-state index in [9.17, 15) is 0 Å². The molecule has 0 rings (SSSR count). The summed E-state index contributed by atoms with van der Waals surface area (Å²) in [6.07, 6.45) is 10.6. The number of allylic oxidation sites excluding steroid dienone is 6. The van der Waals surface area contributed by atoms with Gasteiger partial charge in [-0.25, -0.2) is 0 Å². The van der Waals surface area contributed by atoms with Crippen molar-refractivity contribution in [2.24, 2.45) is 0 Å². The van der Waals surface area contributed by atoms with Gasteiger partial charge in [-0.1, -0.05) is 37.0 Å². The van der Waals surface area contributed by atoms with Gasteiger partial charge in [0.25, 0.3) is 0 Å². The van der Waals surface area contributed by atoms with Gasteiger partial charge in [0.1, 0.15) is 0 Å². The molecular weight excluding hydrogens is 120 g/mol. The van der Waals surface area contributed by atoms with E-state index in [1.54, 1.807) is 6.08 Å². The van der Waals surface area contributed by atoms with E-state index in [1.165, 1.54) is 5.57 Å². The first-order valence-corrected chi connectivity index (χ1v) is 3.40. The Bertz CT molecular complexity index is 159. The molecular formula is C10H14. The van der Waals surface area contributed by atoms with Crippen LogP contribution in [0.1, 0.15) is 13.3 Å². The highest BCUT2D eigenvalue weighted by molar-refractivity contribution is 5.22. The molecule has 0 aliphatic carbocycles. The summed E-state index contributed by atoms with van der Waals surface area (Å²) < 4.78 is 0. The van der Waals surface area contributed by atoms with Crippen LogP contribution in [0.2, 0.25) is 0 Å². The molecule has 0 amide bonds. The lowest BCUT2D eigenvalue weighted by Gasteiger charge is -1.92. The standard InChI is InChI=1S/C10H14/c1-4-7-9-10(6-3)8-5-2/h4-7,9H,1-2,8H2,3H3. The summed E-state index contributed by atoms with van der Waals surface area (Å²) in [5, 5.41) is 0. The largest absolute Gasteiger partial charge is 0.103 e. The molecule has 0 N–H and O–H groups in total. The first-order chi connectivity index (χ1) is 4.85. The van der Waals surface area contributed by atoms with E-state index in [2.05, 4.69) is 19.2 Å². The Morgan fingerprint density at radius 2 is 2.10 bits per heavy atom. The second-order valence-electron chi connectivity index (χ2n) is 1.95. The van der Waals surface area contributed by atoms with Crippen molar-refractivity contribution in [1.29, 1.82) is 0 Å². The fourth-order valence-electron chi connectivity index (χ4n) is 0.640. The van der Waals surface area contributed by atoms with Gasteiger partial charge in [-0.15, -0.1) is 6.58 Å². The molecule has 0 unspecified atom stereocenters. The zero-order valence-electron chi connectivity index (χ0n) is 6.51. The summed E-state index contributed by atoms with van der Waals surface area (Å²) in [4.78, 5) is 0. The molecule has 0 aromatic heterocycles. The fourth-order valence-corrected chi connectivity index (χ4v) is 0.640. The summed E-state index contributed by atoms with van der Waals surface area (Å²) in [6, 6.07) is 0. The maximum absolute atomic E-state index is 3.66. The minimum atomic E-state index is 0.931. The fraction of sp³-hybridized carbons (Fsp3) is 0.200. The SMILES string of the molecule is C=CC=CC(=CC)CC=C. The molecule has 54 valence electrons. The topological polar surface area (TPSA) is 0 Å². The highest BCUT2D eigenvalue weighted by atomic mass is 13.9. The van der Waals surface area contributed by atoms with Crippen LogP contribution < -0.4 is 0 Å². The number of hydrogen-bond donors (Lipinski definition) is 0. The predicted octanol–water partition coefficient (Wildman–Crippen LogP) is 3.25. The number of rotatable bonds is 4. The van der Waals surface area contributed by atoms with E-state index in [4.69, 9.17) is 0 Å². The van der Waals surface area contributed by atoms with E-state index in [1.807, 2.05) is 25.2 Å². The Kier molecular flexibility index (Phi) is 5.45.